The van der Waals surface area contributed by atoms with Crippen molar-refractivity contribution in [1.29, 1.82) is 0 Å². The molecule has 0 unspecified atom stereocenters. The Kier molecular flexibility index (Phi) is 9.03. The van der Waals surface area contributed by atoms with Gasteiger partial charge in [0, 0.05) is 10.0 Å². The number of carbonyl (C=O) groups is 1. The van der Waals surface area contributed by atoms with Crippen molar-refractivity contribution in [2.45, 2.75) is 39.8 Å². The van der Waals surface area contributed by atoms with Gasteiger partial charge in [0.05, 0.1) is 53.2 Å². The Morgan fingerprint density at radius 3 is 2.54 bits per heavy atom. The molecule has 0 saturated carbocycles. The largest absolute Gasteiger partial charge is 0.495 e. The third-order valence-corrected chi connectivity index (χ3v) is 7.94. The highest BCUT2D eigenvalue weighted by Crippen LogP contribution is 2.37. The summed E-state index contributed by atoms with van der Waals surface area (Å²) in [6.45, 7) is 7.53. The number of thiazole rings is 1. The van der Waals surface area contributed by atoms with Crippen molar-refractivity contribution >= 4 is 55.2 Å². The maximum atomic E-state index is 14.0. The quantitative estimate of drug-likeness (QED) is 0.307. The number of halogens is 2. The fraction of sp³-hybridized carbons (Fsp3) is 0.321. The summed E-state index contributed by atoms with van der Waals surface area (Å²) in [5, 5.41) is 0. The van der Waals surface area contributed by atoms with Crippen LogP contribution < -0.4 is 29.1 Å². The summed E-state index contributed by atoms with van der Waals surface area (Å²) in [6.07, 6.45) is 1.70. The van der Waals surface area contributed by atoms with E-state index in [0.717, 1.165) is 8.95 Å². The lowest BCUT2D eigenvalue weighted by Gasteiger charge is -2.25. The third-order valence-electron chi connectivity index (χ3n) is 5.91. The van der Waals surface area contributed by atoms with E-state index in [0.29, 0.717) is 43.4 Å². The number of benzene rings is 2. The van der Waals surface area contributed by atoms with Gasteiger partial charge in [-0.1, -0.05) is 33.3 Å². The number of carbonyl (C=O) groups excluding carboxylic acids is 1. The molecule has 2 aromatic carbocycles. The molecule has 0 spiro atoms. The minimum atomic E-state index is -0.777. The Bertz CT molecular complexity index is 1640. The van der Waals surface area contributed by atoms with Crippen LogP contribution in [0.25, 0.3) is 6.08 Å². The Morgan fingerprint density at radius 1 is 1.15 bits per heavy atom. The summed E-state index contributed by atoms with van der Waals surface area (Å²) in [4.78, 5) is 32.3. The SMILES string of the molecule is CCOC(=O)C1=C(C)N=c2s/c(=C/c3cc(Br)cc(Br)c3OC)c(=O)n2[C@@H]1c1ccc(OC(C)C)c(OC)c1. The molecule has 11 heteroatoms. The number of allylic oxidation sites excluding steroid dienone is 1. The van der Waals surface area contributed by atoms with Crippen molar-refractivity contribution in [2.24, 2.45) is 4.99 Å². The van der Waals surface area contributed by atoms with Gasteiger partial charge in [0.25, 0.3) is 5.56 Å². The number of ether oxygens (including phenoxy) is 4. The lowest BCUT2D eigenvalue weighted by molar-refractivity contribution is -0.139. The van der Waals surface area contributed by atoms with Crippen molar-refractivity contribution in [3.63, 3.8) is 0 Å². The zero-order valence-corrected chi connectivity index (χ0v) is 26.3. The first-order valence-electron chi connectivity index (χ1n) is 12.2. The van der Waals surface area contributed by atoms with Gasteiger partial charge < -0.3 is 18.9 Å². The van der Waals surface area contributed by atoms with E-state index >= 15 is 0 Å². The monoisotopic (exact) mass is 678 g/mol. The molecular formula is C28H28Br2N2O6S. The lowest BCUT2D eigenvalue weighted by Crippen LogP contribution is -2.40. The molecule has 0 amide bonds. The van der Waals surface area contributed by atoms with Crippen molar-refractivity contribution in [1.82, 2.24) is 4.57 Å². The van der Waals surface area contributed by atoms with E-state index in [2.05, 4.69) is 36.9 Å². The molecule has 1 aromatic heterocycles. The second-order valence-electron chi connectivity index (χ2n) is 8.89. The molecule has 39 heavy (non-hydrogen) atoms. The Hall–Kier alpha value is -2.89. The Labute approximate surface area is 246 Å². The number of aromatic nitrogens is 1. The van der Waals surface area contributed by atoms with Crippen LogP contribution in [0.3, 0.4) is 0 Å². The minimum absolute atomic E-state index is 0.0605. The molecule has 0 fully saturated rings. The maximum absolute atomic E-state index is 14.0. The van der Waals surface area contributed by atoms with Crippen LogP contribution in [0.2, 0.25) is 0 Å². The number of esters is 1. The van der Waals surface area contributed by atoms with E-state index in [9.17, 15) is 9.59 Å². The van der Waals surface area contributed by atoms with Crippen molar-refractivity contribution < 1.29 is 23.7 Å². The van der Waals surface area contributed by atoms with E-state index in [1.165, 1.54) is 15.9 Å². The Morgan fingerprint density at radius 2 is 1.90 bits per heavy atom. The molecule has 206 valence electrons. The number of hydrogen-bond acceptors (Lipinski definition) is 8. The summed E-state index contributed by atoms with van der Waals surface area (Å²) in [5.74, 6) is 1.12. The predicted octanol–water partition coefficient (Wildman–Crippen LogP) is 5.13. The molecule has 0 bridgehead atoms. The normalized spacial score (nSPS) is 15.2. The molecule has 0 saturated heterocycles. The van der Waals surface area contributed by atoms with Gasteiger partial charge in [-0.15, -0.1) is 0 Å². The van der Waals surface area contributed by atoms with Crippen LogP contribution in [0.5, 0.6) is 17.2 Å². The average Bonchev–Trinajstić information content (AvgIpc) is 3.17. The van der Waals surface area contributed by atoms with Crippen molar-refractivity contribution in [2.75, 3.05) is 20.8 Å². The number of fused-ring (bicyclic) bond motifs is 1. The van der Waals surface area contributed by atoms with Gasteiger partial charge in [-0.05, 0) is 79.5 Å². The highest BCUT2D eigenvalue weighted by molar-refractivity contribution is 9.11. The first kappa shape index (κ1) is 29.1. The van der Waals surface area contributed by atoms with Crippen molar-refractivity contribution in [3.05, 3.63) is 81.4 Å². The average molecular weight is 680 g/mol. The summed E-state index contributed by atoms with van der Waals surface area (Å²) in [5.41, 5.74) is 1.85. The molecule has 1 aliphatic heterocycles. The molecular weight excluding hydrogens is 652 g/mol. The van der Waals surface area contributed by atoms with Crippen LogP contribution in [0.4, 0.5) is 0 Å². The predicted molar refractivity (Wildman–Crippen MR) is 158 cm³/mol. The summed E-state index contributed by atoms with van der Waals surface area (Å²) >= 11 is 8.25. The van der Waals surface area contributed by atoms with E-state index in [1.54, 1.807) is 46.3 Å². The molecule has 3 aromatic rings. The number of nitrogens with zero attached hydrogens (tertiary/aromatic N) is 2. The maximum Gasteiger partial charge on any atom is 0.338 e. The van der Waals surface area contributed by atoms with Gasteiger partial charge in [0.15, 0.2) is 16.3 Å². The van der Waals surface area contributed by atoms with Crippen LogP contribution >= 0.6 is 43.2 Å². The van der Waals surface area contributed by atoms with Crippen LogP contribution in [-0.2, 0) is 9.53 Å². The highest BCUT2D eigenvalue weighted by atomic mass is 79.9. The van der Waals surface area contributed by atoms with Crippen LogP contribution in [0, 0.1) is 0 Å². The second kappa shape index (κ2) is 12.1. The van der Waals surface area contributed by atoms with Crippen LogP contribution in [-0.4, -0.2) is 37.5 Å². The van der Waals surface area contributed by atoms with Gasteiger partial charge in [-0.25, -0.2) is 9.79 Å². The molecule has 2 heterocycles. The minimum Gasteiger partial charge on any atom is -0.495 e. The summed E-state index contributed by atoms with van der Waals surface area (Å²) in [6, 6.07) is 8.35. The van der Waals surface area contributed by atoms with E-state index in [4.69, 9.17) is 18.9 Å². The Balaban J connectivity index is 1.98. The smallest absolute Gasteiger partial charge is 0.338 e. The van der Waals surface area contributed by atoms with Gasteiger partial charge in [-0.3, -0.25) is 9.36 Å². The summed E-state index contributed by atoms with van der Waals surface area (Å²) in [7, 11) is 3.12. The highest BCUT2D eigenvalue weighted by Gasteiger charge is 2.34. The molecule has 4 rings (SSSR count). The molecule has 0 aliphatic carbocycles. The third kappa shape index (κ3) is 5.85. The van der Waals surface area contributed by atoms with Gasteiger partial charge in [-0.2, -0.15) is 0 Å². The zero-order valence-electron chi connectivity index (χ0n) is 22.3. The van der Waals surface area contributed by atoms with Crippen LogP contribution in [0.15, 0.2) is 60.3 Å². The topological polar surface area (TPSA) is 88.4 Å². The first-order chi connectivity index (χ1) is 18.6. The fourth-order valence-corrected chi connectivity index (χ4v) is 6.81. The van der Waals surface area contributed by atoms with E-state index < -0.39 is 12.0 Å². The second-order valence-corrected chi connectivity index (χ2v) is 11.7. The van der Waals surface area contributed by atoms with E-state index in [1.807, 2.05) is 32.0 Å². The van der Waals surface area contributed by atoms with Gasteiger partial charge in [0.1, 0.15) is 5.75 Å². The molecule has 1 aliphatic rings. The molecule has 0 radical (unpaired) electrons. The number of methoxy groups -OCH3 is 2. The standard InChI is InChI=1S/C28H28Br2N2O6S/c1-7-37-27(34)23-15(4)31-28-32(24(23)16-8-9-20(38-14(2)3)21(11-16)35-5)26(33)22(39-28)12-17-10-18(29)13-19(30)25(17)36-6/h8-14,24H,7H2,1-6H3/b22-12+/t24-/m1/s1. The van der Waals surface area contributed by atoms with E-state index in [-0.39, 0.29) is 23.8 Å². The number of rotatable bonds is 8. The first-order valence-corrected chi connectivity index (χ1v) is 14.6. The molecule has 0 N–H and O–H groups in total. The lowest BCUT2D eigenvalue weighted by atomic mass is 9.95. The van der Waals surface area contributed by atoms with Crippen molar-refractivity contribution in [3.8, 4) is 17.2 Å². The van der Waals surface area contributed by atoms with Gasteiger partial charge >= 0.3 is 5.97 Å². The zero-order chi connectivity index (χ0) is 28.4. The van der Waals surface area contributed by atoms with Crippen LogP contribution in [0.1, 0.15) is 44.9 Å². The van der Waals surface area contributed by atoms with Gasteiger partial charge in [0.2, 0.25) is 0 Å². The number of hydrogen-bond donors (Lipinski definition) is 0. The summed E-state index contributed by atoms with van der Waals surface area (Å²) < 4.78 is 26.0. The molecule has 8 nitrogen and oxygen atoms in total. The fourth-order valence-electron chi connectivity index (χ4n) is 4.36. The molecule has 1 atom stereocenters.